The van der Waals surface area contributed by atoms with E-state index in [0.717, 1.165) is 0 Å². The molecule has 0 aromatic heterocycles. The molecule has 0 aliphatic heterocycles. The van der Waals surface area contributed by atoms with Crippen molar-refractivity contribution in [1.82, 2.24) is 16.0 Å². The van der Waals surface area contributed by atoms with Gasteiger partial charge in [0.15, 0.2) is 0 Å². The Labute approximate surface area is 238 Å². The molecule has 2 aromatic carbocycles. The number of carboxylic acids is 2. The number of rotatable bonds is 16. The Morgan fingerprint density at radius 2 is 1.24 bits per heavy atom. The zero-order chi connectivity index (χ0) is 30.5. The van der Waals surface area contributed by atoms with Crippen LogP contribution in [0.2, 0.25) is 0 Å². The van der Waals surface area contributed by atoms with Crippen LogP contribution >= 0.6 is 0 Å². The van der Waals surface area contributed by atoms with Gasteiger partial charge in [0.05, 0.1) is 6.04 Å². The molecule has 2 aromatic rings. The second-order valence-electron chi connectivity index (χ2n) is 10.3. The number of nitrogens with one attached hydrogen (secondary N) is 3. The molecular weight excluding hydrogens is 532 g/mol. The molecule has 222 valence electrons. The van der Waals surface area contributed by atoms with E-state index in [1.165, 1.54) is 12.1 Å². The molecule has 0 heterocycles. The van der Waals surface area contributed by atoms with Gasteiger partial charge in [-0.15, -0.1) is 0 Å². The molecule has 3 amide bonds. The van der Waals surface area contributed by atoms with Crippen LogP contribution in [0.5, 0.6) is 5.75 Å². The van der Waals surface area contributed by atoms with E-state index in [-0.39, 0.29) is 43.8 Å². The van der Waals surface area contributed by atoms with E-state index in [2.05, 4.69) is 16.0 Å². The molecule has 12 heteroatoms. The number of phenolic OH excluding ortho intramolecular Hbond substituents is 1. The van der Waals surface area contributed by atoms with Gasteiger partial charge in [-0.3, -0.25) is 19.2 Å². The quantitative estimate of drug-likeness (QED) is 0.153. The Bertz CT molecular complexity index is 1190. The molecule has 0 aliphatic rings. The third kappa shape index (κ3) is 11.7. The highest BCUT2D eigenvalue weighted by Crippen LogP contribution is 2.13. The molecule has 0 aliphatic carbocycles. The van der Waals surface area contributed by atoms with Crippen molar-refractivity contribution in [1.29, 1.82) is 0 Å². The van der Waals surface area contributed by atoms with Gasteiger partial charge in [-0.2, -0.15) is 0 Å². The van der Waals surface area contributed by atoms with Crippen molar-refractivity contribution in [3.8, 4) is 5.75 Å². The Morgan fingerprint density at radius 3 is 1.80 bits per heavy atom. The first-order valence-corrected chi connectivity index (χ1v) is 13.3. The first kappa shape index (κ1) is 32.8. The summed E-state index contributed by atoms with van der Waals surface area (Å²) in [5.41, 5.74) is 7.09. The summed E-state index contributed by atoms with van der Waals surface area (Å²) in [7, 11) is 0. The van der Waals surface area contributed by atoms with Crippen molar-refractivity contribution in [3.63, 3.8) is 0 Å². The molecule has 2 rings (SSSR count). The zero-order valence-corrected chi connectivity index (χ0v) is 23.1. The lowest BCUT2D eigenvalue weighted by Gasteiger charge is -2.26. The maximum absolute atomic E-state index is 13.4. The van der Waals surface area contributed by atoms with Crippen molar-refractivity contribution < 1.29 is 39.3 Å². The standard InChI is InChI=1S/C29H38N4O8/c1-17(2)14-22(31-26(37)21(30)12-13-25(35)36)27(38)32-23(15-18-6-4-3-5-7-18)28(39)33-24(29(40)41)16-19-8-10-20(34)11-9-19/h3-11,17,21-24,34H,12-16,30H2,1-2H3,(H,31,37)(H,32,38)(H,33,39)(H,35,36)(H,40,41). The summed E-state index contributed by atoms with van der Waals surface area (Å²) in [6.45, 7) is 3.68. The lowest BCUT2D eigenvalue weighted by Crippen LogP contribution is -2.58. The second-order valence-corrected chi connectivity index (χ2v) is 10.3. The number of aliphatic carboxylic acids is 2. The van der Waals surface area contributed by atoms with Gasteiger partial charge in [0.1, 0.15) is 23.9 Å². The maximum Gasteiger partial charge on any atom is 0.326 e. The molecule has 0 bridgehead atoms. The van der Waals surface area contributed by atoms with Crippen LogP contribution in [0.1, 0.15) is 44.2 Å². The number of carbonyl (C=O) groups excluding carboxylic acids is 3. The Kier molecular flexibility index (Phi) is 12.8. The largest absolute Gasteiger partial charge is 0.508 e. The third-order valence-electron chi connectivity index (χ3n) is 6.25. The van der Waals surface area contributed by atoms with Crippen molar-refractivity contribution >= 4 is 29.7 Å². The van der Waals surface area contributed by atoms with E-state index in [9.17, 15) is 34.2 Å². The molecule has 0 radical (unpaired) electrons. The molecular formula is C29H38N4O8. The highest BCUT2D eigenvalue weighted by atomic mass is 16.4. The smallest absolute Gasteiger partial charge is 0.326 e. The Balaban J connectivity index is 2.23. The predicted octanol–water partition coefficient (Wildman–Crippen LogP) is 0.955. The van der Waals surface area contributed by atoms with Gasteiger partial charge < -0.3 is 37.0 Å². The predicted molar refractivity (Wildman–Crippen MR) is 150 cm³/mol. The van der Waals surface area contributed by atoms with E-state index in [0.29, 0.717) is 11.1 Å². The normalized spacial score (nSPS) is 13.9. The van der Waals surface area contributed by atoms with Crippen molar-refractivity contribution in [3.05, 3.63) is 65.7 Å². The van der Waals surface area contributed by atoms with E-state index in [4.69, 9.17) is 10.8 Å². The highest BCUT2D eigenvalue weighted by molar-refractivity contribution is 5.94. The van der Waals surface area contributed by atoms with Crippen LogP contribution in [0.25, 0.3) is 0 Å². The van der Waals surface area contributed by atoms with Gasteiger partial charge in [0.2, 0.25) is 17.7 Å². The number of benzene rings is 2. The van der Waals surface area contributed by atoms with Crippen LogP contribution in [0.3, 0.4) is 0 Å². The first-order valence-electron chi connectivity index (χ1n) is 13.3. The van der Waals surface area contributed by atoms with Gasteiger partial charge in [-0.1, -0.05) is 56.3 Å². The summed E-state index contributed by atoms with van der Waals surface area (Å²) in [5.74, 6) is -4.51. The number of aromatic hydroxyl groups is 1. The molecule has 0 spiro atoms. The third-order valence-corrected chi connectivity index (χ3v) is 6.25. The topological polar surface area (TPSA) is 208 Å². The van der Waals surface area contributed by atoms with Crippen molar-refractivity contribution in [2.24, 2.45) is 11.7 Å². The number of carboxylic acid groups (broad SMARTS) is 2. The van der Waals surface area contributed by atoms with Crippen LogP contribution in [0.15, 0.2) is 54.6 Å². The lowest BCUT2D eigenvalue weighted by molar-refractivity contribution is -0.142. The van der Waals surface area contributed by atoms with Crippen LogP contribution in [0, 0.1) is 5.92 Å². The second kappa shape index (κ2) is 16.0. The minimum Gasteiger partial charge on any atom is -0.508 e. The molecule has 0 saturated heterocycles. The average Bonchev–Trinajstić information content (AvgIpc) is 2.91. The first-order chi connectivity index (χ1) is 19.3. The minimum absolute atomic E-state index is 0.0150. The molecule has 41 heavy (non-hydrogen) atoms. The van der Waals surface area contributed by atoms with Gasteiger partial charge in [0.25, 0.3) is 0 Å². The van der Waals surface area contributed by atoms with Crippen LogP contribution in [-0.2, 0) is 36.8 Å². The van der Waals surface area contributed by atoms with Crippen molar-refractivity contribution in [2.45, 2.75) is 70.1 Å². The van der Waals surface area contributed by atoms with Gasteiger partial charge in [-0.25, -0.2) is 4.79 Å². The number of hydrogen-bond donors (Lipinski definition) is 7. The molecule has 0 saturated carbocycles. The summed E-state index contributed by atoms with van der Waals surface area (Å²) < 4.78 is 0. The summed E-state index contributed by atoms with van der Waals surface area (Å²) in [4.78, 5) is 62.2. The van der Waals surface area contributed by atoms with E-state index >= 15 is 0 Å². The SMILES string of the molecule is CC(C)CC(NC(=O)C(N)CCC(=O)O)C(=O)NC(Cc1ccccc1)C(=O)NC(Cc1ccc(O)cc1)C(=O)O. The zero-order valence-electron chi connectivity index (χ0n) is 23.1. The van der Waals surface area contributed by atoms with Crippen LogP contribution < -0.4 is 21.7 Å². The highest BCUT2D eigenvalue weighted by Gasteiger charge is 2.31. The Hall–Kier alpha value is -4.45. The van der Waals surface area contributed by atoms with Crippen LogP contribution in [-0.4, -0.2) is 69.1 Å². The summed E-state index contributed by atoms with van der Waals surface area (Å²) >= 11 is 0. The van der Waals surface area contributed by atoms with Crippen molar-refractivity contribution in [2.75, 3.05) is 0 Å². The van der Waals surface area contributed by atoms with Gasteiger partial charge in [0, 0.05) is 19.3 Å². The molecule has 4 unspecified atom stereocenters. The minimum atomic E-state index is -1.32. The maximum atomic E-state index is 13.4. The number of hydrogen-bond acceptors (Lipinski definition) is 7. The molecule has 0 fully saturated rings. The summed E-state index contributed by atoms with van der Waals surface area (Å²) in [6.07, 6.45) is -0.239. The number of amides is 3. The number of nitrogens with two attached hydrogens (primary N) is 1. The summed E-state index contributed by atoms with van der Waals surface area (Å²) in [6, 6.07) is 10.0. The van der Waals surface area contributed by atoms with E-state index in [1.807, 2.05) is 13.8 Å². The number of phenols is 1. The monoisotopic (exact) mass is 570 g/mol. The van der Waals surface area contributed by atoms with Crippen LogP contribution in [0.4, 0.5) is 0 Å². The average molecular weight is 571 g/mol. The lowest BCUT2D eigenvalue weighted by atomic mass is 10.00. The molecule has 8 N–H and O–H groups in total. The van der Waals surface area contributed by atoms with Gasteiger partial charge in [-0.05, 0) is 42.0 Å². The fourth-order valence-electron chi connectivity index (χ4n) is 4.06. The van der Waals surface area contributed by atoms with Gasteiger partial charge >= 0.3 is 11.9 Å². The molecule has 4 atom stereocenters. The summed E-state index contributed by atoms with van der Waals surface area (Å²) in [5, 5.41) is 35.8. The molecule has 12 nitrogen and oxygen atoms in total. The Morgan fingerprint density at radius 1 is 0.732 bits per heavy atom. The number of carbonyl (C=O) groups is 5. The fraction of sp³-hybridized carbons (Fsp3) is 0.414. The van der Waals surface area contributed by atoms with E-state index in [1.54, 1.807) is 42.5 Å². The fourth-order valence-corrected chi connectivity index (χ4v) is 4.06. The van der Waals surface area contributed by atoms with E-state index < -0.39 is 53.8 Å².